The molecule has 1 amide bonds. The number of ether oxygens (including phenoxy) is 1. The zero-order valence-corrected chi connectivity index (χ0v) is 12.6. The molecule has 0 aliphatic rings. The van der Waals surface area contributed by atoms with E-state index < -0.39 is 17.8 Å². The maximum absolute atomic E-state index is 11.7. The van der Waals surface area contributed by atoms with Crippen molar-refractivity contribution in [2.75, 3.05) is 11.9 Å². The van der Waals surface area contributed by atoms with Gasteiger partial charge in [-0.2, -0.15) is 0 Å². The molecule has 0 heterocycles. The van der Waals surface area contributed by atoms with Crippen LogP contribution >= 0.6 is 0 Å². The second-order valence-corrected chi connectivity index (χ2v) is 5.87. The Morgan fingerprint density at radius 1 is 1.45 bits per heavy atom. The van der Waals surface area contributed by atoms with Crippen LogP contribution in [0.3, 0.4) is 0 Å². The van der Waals surface area contributed by atoms with Gasteiger partial charge in [0.25, 0.3) is 0 Å². The van der Waals surface area contributed by atoms with Crippen LogP contribution in [0.25, 0.3) is 0 Å². The molecule has 1 aromatic rings. The quantitative estimate of drug-likeness (QED) is 0.789. The zero-order chi connectivity index (χ0) is 15.3. The van der Waals surface area contributed by atoms with E-state index in [4.69, 9.17) is 10.5 Å². The van der Waals surface area contributed by atoms with Gasteiger partial charge in [-0.15, -0.1) is 0 Å². The summed E-state index contributed by atoms with van der Waals surface area (Å²) in [7, 11) is 0. The lowest BCUT2D eigenvalue weighted by atomic mass is 10.0. The molecule has 0 aliphatic carbocycles. The van der Waals surface area contributed by atoms with Crippen molar-refractivity contribution in [3.63, 3.8) is 0 Å². The van der Waals surface area contributed by atoms with Crippen LogP contribution in [-0.4, -0.2) is 29.4 Å². The van der Waals surface area contributed by atoms with Crippen LogP contribution in [0.2, 0.25) is 0 Å². The highest BCUT2D eigenvalue weighted by Crippen LogP contribution is 2.19. The van der Waals surface area contributed by atoms with Crippen molar-refractivity contribution in [1.29, 1.82) is 0 Å². The summed E-state index contributed by atoms with van der Waals surface area (Å²) in [5.41, 5.74) is 7.46. The lowest BCUT2D eigenvalue weighted by Gasteiger charge is -2.20. The van der Waals surface area contributed by atoms with Crippen LogP contribution < -0.4 is 11.1 Å². The molecular weight excluding hydrogens is 256 g/mol. The van der Waals surface area contributed by atoms with E-state index >= 15 is 0 Å². The highest BCUT2D eigenvalue weighted by Gasteiger charge is 2.16. The SMILES string of the molecule is Cc1cc(CC(O)CN)ccc1NC(=O)OC(C)(C)C. The van der Waals surface area contributed by atoms with Gasteiger partial charge in [0.15, 0.2) is 0 Å². The van der Waals surface area contributed by atoms with E-state index in [2.05, 4.69) is 5.32 Å². The Morgan fingerprint density at radius 2 is 2.10 bits per heavy atom. The fourth-order valence-corrected chi connectivity index (χ4v) is 1.76. The van der Waals surface area contributed by atoms with Gasteiger partial charge < -0.3 is 15.6 Å². The third kappa shape index (κ3) is 5.59. The minimum Gasteiger partial charge on any atom is -0.444 e. The van der Waals surface area contributed by atoms with Gasteiger partial charge in [-0.05, 0) is 51.3 Å². The predicted octanol–water partition coefficient (Wildman–Crippen LogP) is 2.20. The number of hydrogen-bond donors (Lipinski definition) is 3. The molecule has 1 unspecified atom stereocenters. The van der Waals surface area contributed by atoms with Crippen LogP contribution in [0.5, 0.6) is 0 Å². The summed E-state index contributed by atoms with van der Waals surface area (Å²) >= 11 is 0. The summed E-state index contributed by atoms with van der Waals surface area (Å²) in [6.07, 6.45) is -0.515. The Labute approximate surface area is 120 Å². The number of carbonyl (C=O) groups excluding carboxylic acids is 1. The summed E-state index contributed by atoms with van der Waals surface area (Å²) < 4.78 is 5.20. The lowest BCUT2D eigenvalue weighted by molar-refractivity contribution is 0.0636. The number of aryl methyl sites for hydroxylation is 1. The topological polar surface area (TPSA) is 84.6 Å². The maximum atomic E-state index is 11.7. The van der Waals surface area contributed by atoms with Gasteiger partial charge in [0.1, 0.15) is 5.60 Å². The highest BCUT2D eigenvalue weighted by molar-refractivity contribution is 5.85. The highest BCUT2D eigenvalue weighted by atomic mass is 16.6. The average Bonchev–Trinajstić information content (AvgIpc) is 2.30. The summed E-state index contributed by atoms with van der Waals surface area (Å²) in [6, 6.07) is 5.59. The Morgan fingerprint density at radius 3 is 2.60 bits per heavy atom. The normalized spacial score (nSPS) is 12.9. The molecule has 0 aliphatic heterocycles. The number of amides is 1. The third-order valence-corrected chi connectivity index (χ3v) is 2.67. The summed E-state index contributed by atoms with van der Waals surface area (Å²) in [5, 5.41) is 12.2. The smallest absolute Gasteiger partial charge is 0.412 e. The molecule has 1 rings (SSSR count). The molecule has 5 nitrogen and oxygen atoms in total. The van der Waals surface area contributed by atoms with Gasteiger partial charge in [0.05, 0.1) is 6.10 Å². The number of rotatable bonds is 4. The van der Waals surface area contributed by atoms with Gasteiger partial charge in [-0.3, -0.25) is 5.32 Å². The van der Waals surface area contributed by atoms with Crippen LogP contribution in [0.15, 0.2) is 18.2 Å². The maximum Gasteiger partial charge on any atom is 0.412 e. The van der Waals surface area contributed by atoms with Crippen LogP contribution in [0, 0.1) is 6.92 Å². The molecular formula is C15H24N2O3. The zero-order valence-electron chi connectivity index (χ0n) is 12.6. The minimum atomic E-state index is -0.543. The van der Waals surface area contributed by atoms with Crippen molar-refractivity contribution < 1.29 is 14.6 Å². The van der Waals surface area contributed by atoms with Gasteiger partial charge in [0.2, 0.25) is 0 Å². The van der Waals surface area contributed by atoms with E-state index in [9.17, 15) is 9.90 Å². The molecule has 0 aromatic heterocycles. The number of aliphatic hydroxyl groups is 1. The van der Waals surface area contributed by atoms with Crippen molar-refractivity contribution in [3.8, 4) is 0 Å². The van der Waals surface area contributed by atoms with E-state index in [0.717, 1.165) is 11.1 Å². The van der Waals surface area contributed by atoms with Crippen molar-refractivity contribution in [1.82, 2.24) is 0 Å². The summed E-state index contributed by atoms with van der Waals surface area (Å²) in [6.45, 7) is 7.58. The van der Waals surface area contributed by atoms with E-state index in [1.807, 2.05) is 39.8 Å². The molecule has 4 N–H and O–H groups in total. The number of hydrogen-bond acceptors (Lipinski definition) is 4. The van der Waals surface area contributed by atoms with E-state index in [-0.39, 0.29) is 6.54 Å². The van der Waals surface area contributed by atoms with Gasteiger partial charge in [-0.25, -0.2) is 4.79 Å². The second-order valence-electron chi connectivity index (χ2n) is 5.87. The molecule has 112 valence electrons. The number of aliphatic hydroxyl groups excluding tert-OH is 1. The molecule has 20 heavy (non-hydrogen) atoms. The molecule has 1 atom stereocenters. The van der Waals surface area contributed by atoms with E-state index in [1.54, 1.807) is 6.07 Å². The molecule has 1 aromatic carbocycles. The average molecular weight is 280 g/mol. The number of benzene rings is 1. The van der Waals surface area contributed by atoms with E-state index in [1.165, 1.54) is 0 Å². The molecule has 0 saturated carbocycles. The fraction of sp³-hybridized carbons (Fsp3) is 0.533. The Kier molecular flexibility index (Phi) is 5.53. The van der Waals surface area contributed by atoms with Crippen LogP contribution in [0.4, 0.5) is 10.5 Å². The van der Waals surface area contributed by atoms with Gasteiger partial charge >= 0.3 is 6.09 Å². The monoisotopic (exact) mass is 280 g/mol. The van der Waals surface area contributed by atoms with Crippen molar-refractivity contribution in [2.24, 2.45) is 5.73 Å². The first-order valence-corrected chi connectivity index (χ1v) is 6.69. The first kappa shape index (κ1) is 16.5. The Hall–Kier alpha value is -1.59. The number of nitrogens with one attached hydrogen (secondary N) is 1. The predicted molar refractivity (Wildman–Crippen MR) is 79.8 cm³/mol. The minimum absolute atomic E-state index is 0.233. The summed E-state index contributed by atoms with van der Waals surface area (Å²) in [4.78, 5) is 11.7. The first-order valence-electron chi connectivity index (χ1n) is 6.69. The van der Waals surface area contributed by atoms with Crippen molar-refractivity contribution in [2.45, 2.75) is 45.8 Å². The van der Waals surface area contributed by atoms with Crippen molar-refractivity contribution >= 4 is 11.8 Å². The second kappa shape index (κ2) is 6.72. The standard InChI is InChI=1S/C15H24N2O3/c1-10-7-11(8-12(18)9-16)5-6-13(10)17-14(19)20-15(2,3)4/h5-7,12,18H,8-9,16H2,1-4H3,(H,17,19). The molecule has 0 radical (unpaired) electrons. The van der Waals surface area contributed by atoms with E-state index in [0.29, 0.717) is 12.1 Å². The van der Waals surface area contributed by atoms with Gasteiger partial charge in [0, 0.05) is 12.2 Å². The number of carbonyl (C=O) groups is 1. The fourth-order valence-electron chi connectivity index (χ4n) is 1.76. The number of nitrogens with two attached hydrogens (primary N) is 1. The molecule has 0 fully saturated rings. The molecule has 0 saturated heterocycles. The van der Waals surface area contributed by atoms with Crippen LogP contribution in [0.1, 0.15) is 31.9 Å². The van der Waals surface area contributed by atoms with Crippen molar-refractivity contribution in [3.05, 3.63) is 29.3 Å². The summed E-state index contributed by atoms with van der Waals surface area (Å²) in [5.74, 6) is 0. The lowest BCUT2D eigenvalue weighted by Crippen LogP contribution is -2.27. The third-order valence-electron chi connectivity index (χ3n) is 2.67. The molecule has 0 spiro atoms. The van der Waals surface area contributed by atoms with Gasteiger partial charge in [-0.1, -0.05) is 12.1 Å². The Bertz CT molecular complexity index is 467. The number of anilines is 1. The molecule has 5 heteroatoms. The molecule has 0 bridgehead atoms. The Balaban J connectivity index is 2.71. The first-order chi connectivity index (χ1) is 9.21. The largest absolute Gasteiger partial charge is 0.444 e. The van der Waals surface area contributed by atoms with Crippen LogP contribution in [-0.2, 0) is 11.2 Å².